The Balaban J connectivity index is 1.62. The van der Waals surface area contributed by atoms with Crippen molar-refractivity contribution in [2.45, 2.75) is 13.1 Å². The molecular formula is C30H40N6O6. The lowest BCUT2D eigenvalue weighted by Gasteiger charge is -2.26. The molecule has 226 valence electrons. The van der Waals surface area contributed by atoms with Crippen molar-refractivity contribution in [1.29, 1.82) is 0 Å². The summed E-state index contributed by atoms with van der Waals surface area (Å²) in [4.78, 5) is 52.0. The molecular weight excluding hydrogens is 540 g/mol. The van der Waals surface area contributed by atoms with Crippen LogP contribution in [0.5, 0.6) is 5.88 Å². The van der Waals surface area contributed by atoms with Gasteiger partial charge in [-0.25, -0.2) is 0 Å². The van der Waals surface area contributed by atoms with Crippen molar-refractivity contribution in [3.63, 3.8) is 0 Å². The van der Waals surface area contributed by atoms with Crippen molar-refractivity contribution in [2.75, 3.05) is 93.9 Å². The molecule has 1 aromatic carbocycles. The second kappa shape index (κ2) is 12.8. The van der Waals surface area contributed by atoms with E-state index in [1.54, 1.807) is 18.2 Å². The number of hydrogen-bond donors (Lipinski definition) is 1. The summed E-state index contributed by atoms with van der Waals surface area (Å²) in [5, 5.41) is 13.0. The highest BCUT2D eigenvalue weighted by atomic mass is 16.5. The number of ether oxygens (including phenoxy) is 2. The van der Waals surface area contributed by atoms with Gasteiger partial charge in [0.05, 0.1) is 49.3 Å². The Bertz CT molecular complexity index is 1740. The highest BCUT2D eigenvalue weighted by Crippen LogP contribution is 2.36. The number of rotatable bonds is 12. The van der Waals surface area contributed by atoms with E-state index in [9.17, 15) is 19.5 Å². The monoisotopic (exact) mass is 580 g/mol. The van der Waals surface area contributed by atoms with Crippen LogP contribution in [0, 0.1) is 0 Å². The topological polar surface area (TPSA) is 122 Å². The van der Waals surface area contributed by atoms with Gasteiger partial charge < -0.3 is 24.4 Å². The lowest BCUT2D eigenvalue weighted by atomic mass is 9.90. The Morgan fingerprint density at radius 3 is 2.21 bits per heavy atom. The number of benzene rings is 2. The van der Waals surface area contributed by atoms with E-state index in [0.717, 1.165) is 32.8 Å². The third-order valence-electron chi connectivity index (χ3n) is 7.88. The van der Waals surface area contributed by atoms with E-state index in [-0.39, 0.29) is 30.9 Å². The minimum Gasteiger partial charge on any atom is -0.494 e. The predicted octanol–water partition coefficient (Wildman–Crippen LogP) is -0.265. The van der Waals surface area contributed by atoms with Crippen LogP contribution in [0.4, 0.5) is 0 Å². The van der Waals surface area contributed by atoms with Gasteiger partial charge in [0, 0.05) is 67.5 Å². The maximum absolute atomic E-state index is 13.9. The fourth-order valence-electron chi connectivity index (χ4n) is 5.55. The fraction of sp³-hybridized carbons (Fsp3) is 0.533. The van der Waals surface area contributed by atoms with Gasteiger partial charge in [0.1, 0.15) is 0 Å². The molecule has 0 atom stereocenters. The first-order valence-electron chi connectivity index (χ1n) is 14.4. The van der Waals surface area contributed by atoms with E-state index in [1.807, 2.05) is 38.0 Å². The number of aromatic hydroxyl groups is 1. The molecule has 12 nitrogen and oxygen atoms in total. The molecule has 1 fully saturated rings. The van der Waals surface area contributed by atoms with E-state index in [4.69, 9.17) is 14.5 Å². The summed E-state index contributed by atoms with van der Waals surface area (Å²) in [6, 6.07) is 4.92. The Labute approximate surface area is 243 Å². The Morgan fingerprint density at radius 1 is 0.857 bits per heavy atom. The van der Waals surface area contributed by atoms with Gasteiger partial charge in [0.25, 0.3) is 16.7 Å². The summed E-state index contributed by atoms with van der Waals surface area (Å²) in [5.41, 5.74) is -0.553. The van der Waals surface area contributed by atoms with Gasteiger partial charge in [-0.3, -0.25) is 33.4 Å². The van der Waals surface area contributed by atoms with Crippen molar-refractivity contribution in [3.8, 4) is 17.0 Å². The van der Waals surface area contributed by atoms with E-state index in [2.05, 4.69) is 4.90 Å². The van der Waals surface area contributed by atoms with Crippen molar-refractivity contribution in [1.82, 2.24) is 23.8 Å². The molecule has 0 saturated carbocycles. The van der Waals surface area contributed by atoms with Crippen LogP contribution in [0.3, 0.4) is 0 Å². The van der Waals surface area contributed by atoms with Crippen molar-refractivity contribution in [3.05, 3.63) is 54.6 Å². The molecule has 1 N–H and O–H groups in total. The largest absolute Gasteiger partial charge is 0.494 e. The number of likely N-dealkylation sites (N-methyl/N-ethyl adjacent to an activating group) is 2. The van der Waals surface area contributed by atoms with Crippen LogP contribution in [-0.4, -0.2) is 123 Å². The smallest absolute Gasteiger partial charge is 0.263 e. The second-order valence-electron chi connectivity index (χ2n) is 11.3. The standard InChI is InChI=1S/C30H40N6O6/c1-32(2)8-10-35-27(37)20-5-6-21-25-24(20)22(29(35)39)19-23(26(25)30(40)36(28(21)38)11-9-33(3)4)31-7-15-41-16-12-34-13-17-42-18-14-34/h5-6,19,38H,7-18H2,1-4H3. The molecule has 12 heteroatoms. The van der Waals surface area contributed by atoms with E-state index in [0.29, 0.717) is 58.9 Å². The summed E-state index contributed by atoms with van der Waals surface area (Å²) < 4.78 is 13.8. The van der Waals surface area contributed by atoms with Crippen LogP contribution in [0.1, 0.15) is 0 Å². The molecule has 0 bridgehead atoms. The molecule has 0 spiro atoms. The number of morpholine rings is 1. The molecule has 42 heavy (non-hydrogen) atoms. The molecule has 1 saturated heterocycles. The Hall–Kier alpha value is -3.42. The maximum atomic E-state index is 13.9. The fourth-order valence-corrected chi connectivity index (χ4v) is 5.55. The van der Waals surface area contributed by atoms with Crippen LogP contribution >= 0.6 is 0 Å². The van der Waals surface area contributed by atoms with Gasteiger partial charge in [0.15, 0.2) is 0 Å². The average molecular weight is 581 g/mol. The van der Waals surface area contributed by atoms with Gasteiger partial charge in [-0.15, -0.1) is 0 Å². The highest BCUT2D eigenvalue weighted by Gasteiger charge is 2.26. The van der Waals surface area contributed by atoms with Crippen molar-refractivity contribution in [2.24, 2.45) is 4.99 Å². The molecule has 0 unspecified atom stereocenters. The predicted molar refractivity (Wildman–Crippen MR) is 163 cm³/mol. The van der Waals surface area contributed by atoms with Crippen molar-refractivity contribution < 1.29 is 14.6 Å². The molecule has 1 aliphatic carbocycles. The van der Waals surface area contributed by atoms with Gasteiger partial charge >= 0.3 is 0 Å². The lowest BCUT2D eigenvalue weighted by molar-refractivity contribution is 0.0213. The summed E-state index contributed by atoms with van der Waals surface area (Å²) in [6.45, 7) is 6.78. The molecule has 5 rings (SSSR count). The SMILES string of the molecule is CN(C)CCn1c(O)c2ccc3c4c2c(c(=NCCOCCN2CCOCC2)cc-4c(=O)n(CCN(C)C)c3=O)c1=O. The zero-order chi connectivity index (χ0) is 30.0. The lowest BCUT2D eigenvalue weighted by Crippen LogP contribution is -2.39. The Morgan fingerprint density at radius 2 is 1.52 bits per heavy atom. The van der Waals surface area contributed by atoms with Crippen LogP contribution in [0.15, 0.2) is 37.6 Å². The highest BCUT2D eigenvalue weighted by molar-refractivity contribution is 6.15. The minimum absolute atomic E-state index is 0.189. The molecule has 2 aromatic rings. The second-order valence-corrected chi connectivity index (χ2v) is 11.3. The average Bonchev–Trinajstić information content (AvgIpc) is 2.96. The van der Waals surface area contributed by atoms with Gasteiger partial charge in [-0.2, -0.15) is 0 Å². The van der Waals surface area contributed by atoms with Gasteiger partial charge in [-0.1, -0.05) is 0 Å². The molecule has 0 radical (unpaired) electrons. The first kappa shape index (κ1) is 30.1. The first-order valence-corrected chi connectivity index (χ1v) is 14.4. The van der Waals surface area contributed by atoms with E-state index in [1.165, 1.54) is 9.13 Å². The molecule has 2 aliphatic heterocycles. The van der Waals surface area contributed by atoms with Crippen LogP contribution in [-0.2, 0) is 22.6 Å². The van der Waals surface area contributed by atoms with Gasteiger partial charge in [-0.05, 0) is 46.4 Å². The van der Waals surface area contributed by atoms with Crippen molar-refractivity contribution >= 4 is 21.5 Å². The van der Waals surface area contributed by atoms with Crippen LogP contribution in [0.25, 0.3) is 32.7 Å². The summed E-state index contributed by atoms with van der Waals surface area (Å²) >= 11 is 0. The zero-order valence-corrected chi connectivity index (χ0v) is 24.9. The van der Waals surface area contributed by atoms with E-state index >= 15 is 0 Å². The Kier molecular flexibility index (Phi) is 9.19. The molecule has 3 heterocycles. The number of pyridine rings is 2. The molecule has 1 aromatic heterocycles. The summed E-state index contributed by atoms with van der Waals surface area (Å²) in [5.74, 6) is -0.189. The van der Waals surface area contributed by atoms with E-state index < -0.39 is 16.7 Å². The maximum Gasteiger partial charge on any atom is 0.263 e. The quantitative estimate of drug-likeness (QED) is 0.178. The molecule has 3 aliphatic rings. The van der Waals surface area contributed by atoms with Crippen LogP contribution < -0.4 is 22.0 Å². The summed E-state index contributed by atoms with van der Waals surface area (Å²) in [7, 11) is 7.54. The van der Waals surface area contributed by atoms with Crippen LogP contribution in [0.2, 0.25) is 0 Å². The zero-order valence-electron chi connectivity index (χ0n) is 24.9. The third-order valence-corrected chi connectivity index (χ3v) is 7.88. The molecule has 0 amide bonds. The minimum atomic E-state index is -0.432. The first-order chi connectivity index (χ1) is 20.2. The number of hydrogen-bond acceptors (Lipinski definition) is 10. The third kappa shape index (κ3) is 5.90. The summed E-state index contributed by atoms with van der Waals surface area (Å²) in [6.07, 6.45) is 0. The van der Waals surface area contributed by atoms with Gasteiger partial charge in [0.2, 0.25) is 5.88 Å². The number of nitrogens with zero attached hydrogens (tertiary/aromatic N) is 6. The normalized spacial score (nSPS) is 15.4. The number of aromatic nitrogens is 2.